The maximum atomic E-state index is 11.5. The second kappa shape index (κ2) is 12.2. The summed E-state index contributed by atoms with van der Waals surface area (Å²) in [5.41, 5.74) is 0.636. The Balaban J connectivity index is 0.000000186. The fourth-order valence-electron chi connectivity index (χ4n) is 2.37. The number of rotatable bonds is 5. The Morgan fingerprint density at radius 2 is 0.688 bits per heavy atom. The molecule has 6 heteroatoms. The van der Waals surface area contributed by atoms with Crippen molar-refractivity contribution in [2.24, 2.45) is 0 Å². The Labute approximate surface area is 185 Å². The Kier molecular flexibility index (Phi) is 8.43. The quantitative estimate of drug-likeness (QED) is 0.301. The van der Waals surface area contributed by atoms with Crippen LogP contribution in [0.1, 0.15) is 20.7 Å². The molecule has 6 nitrogen and oxygen atoms in total. The first-order chi connectivity index (χ1) is 15.7. The van der Waals surface area contributed by atoms with Gasteiger partial charge in [-0.3, -0.25) is 9.78 Å². The van der Waals surface area contributed by atoms with E-state index in [1.165, 1.54) is 0 Å². The van der Waals surface area contributed by atoms with Gasteiger partial charge >= 0.3 is 11.9 Å². The molecule has 0 aliphatic rings. The highest BCUT2D eigenvalue weighted by Gasteiger charge is 2.13. The minimum Gasteiger partial charge on any atom is -0.290 e. The van der Waals surface area contributed by atoms with Crippen LogP contribution in [0.2, 0.25) is 0 Å². The first-order valence-electron chi connectivity index (χ1n) is 9.70. The zero-order valence-corrected chi connectivity index (χ0v) is 17.0. The van der Waals surface area contributed by atoms with Crippen LogP contribution in [0.4, 0.5) is 0 Å². The number of benzene rings is 4. The van der Waals surface area contributed by atoms with Crippen LogP contribution in [0.5, 0.6) is 11.5 Å². The molecular formula is C26H20O6. The molecule has 0 saturated heterocycles. The molecule has 32 heavy (non-hydrogen) atoms. The predicted octanol–water partition coefficient (Wildman–Crippen LogP) is 5.67. The monoisotopic (exact) mass is 428 g/mol. The maximum Gasteiger partial charge on any atom is 0.386 e. The molecule has 0 N–H and O–H groups in total. The molecule has 0 aromatic heterocycles. The van der Waals surface area contributed by atoms with Gasteiger partial charge in [0.1, 0.15) is 0 Å². The van der Waals surface area contributed by atoms with Crippen LogP contribution in [0, 0.1) is 0 Å². The van der Waals surface area contributed by atoms with Gasteiger partial charge in [0.15, 0.2) is 11.5 Å². The van der Waals surface area contributed by atoms with Crippen molar-refractivity contribution < 1.29 is 29.1 Å². The highest BCUT2D eigenvalue weighted by molar-refractivity contribution is 5.92. The van der Waals surface area contributed by atoms with E-state index in [1.54, 1.807) is 60.7 Å². The minimum absolute atomic E-state index is 0.318. The van der Waals surface area contributed by atoms with Gasteiger partial charge < -0.3 is 0 Å². The van der Waals surface area contributed by atoms with Crippen LogP contribution in [0.25, 0.3) is 0 Å². The van der Waals surface area contributed by atoms with Crippen molar-refractivity contribution in [3.63, 3.8) is 0 Å². The molecule has 0 aliphatic carbocycles. The number of hydrogen-bond acceptors (Lipinski definition) is 6. The van der Waals surface area contributed by atoms with Crippen LogP contribution in [-0.4, -0.2) is 11.9 Å². The van der Waals surface area contributed by atoms with E-state index >= 15 is 0 Å². The number of hydrogen-bond donors (Lipinski definition) is 0. The van der Waals surface area contributed by atoms with Gasteiger partial charge in [0.25, 0.3) is 0 Å². The molecular weight excluding hydrogens is 408 g/mol. The van der Waals surface area contributed by atoms with Crippen molar-refractivity contribution in [3.8, 4) is 11.5 Å². The summed E-state index contributed by atoms with van der Waals surface area (Å²) in [6.45, 7) is 0. The fraction of sp³-hybridized carbons (Fsp3) is 0. The summed E-state index contributed by atoms with van der Waals surface area (Å²) in [5, 5.41) is 0. The third-order valence-corrected chi connectivity index (χ3v) is 3.93. The molecule has 4 rings (SSSR count). The van der Waals surface area contributed by atoms with E-state index in [9.17, 15) is 9.59 Å². The molecule has 0 bridgehead atoms. The van der Waals surface area contributed by atoms with E-state index in [2.05, 4.69) is 9.78 Å². The third kappa shape index (κ3) is 7.35. The van der Waals surface area contributed by atoms with Gasteiger partial charge in [0, 0.05) is 0 Å². The molecule has 0 unspecified atom stereocenters. The lowest BCUT2D eigenvalue weighted by Gasteiger charge is -2.04. The first kappa shape index (κ1) is 22.1. The molecule has 0 aliphatic heterocycles. The normalized spacial score (nSPS) is 9.50. The topological polar surface area (TPSA) is 71.1 Å². The Bertz CT molecular complexity index is 993. The van der Waals surface area contributed by atoms with Crippen LogP contribution >= 0.6 is 0 Å². The molecule has 0 amide bonds. The van der Waals surface area contributed by atoms with Crippen molar-refractivity contribution >= 4 is 11.9 Å². The maximum absolute atomic E-state index is 11.5. The fourth-order valence-corrected chi connectivity index (χ4v) is 2.37. The van der Waals surface area contributed by atoms with Gasteiger partial charge in [-0.25, -0.2) is 19.4 Å². The Morgan fingerprint density at radius 3 is 1.00 bits per heavy atom. The van der Waals surface area contributed by atoms with Crippen molar-refractivity contribution in [1.82, 2.24) is 0 Å². The van der Waals surface area contributed by atoms with E-state index in [1.807, 2.05) is 60.7 Å². The van der Waals surface area contributed by atoms with Crippen molar-refractivity contribution in [3.05, 3.63) is 132 Å². The Hall–Kier alpha value is -4.58. The second-order valence-electron chi connectivity index (χ2n) is 6.27. The zero-order valence-electron chi connectivity index (χ0n) is 17.0. The molecule has 4 aromatic rings. The summed E-state index contributed by atoms with van der Waals surface area (Å²) in [5.74, 6) is -0.0348. The molecule has 4 aromatic carbocycles. The van der Waals surface area contributed by atoms with E-state index < -0.39 is 11.9 Å². The smallest absolute Gasteiger partial charge is 0.290 e. The van der Waals surface area contributed by atoms with E-state index in [-0.39, 0.29) is 0 Å². The van der Waals surface area contributed by atoms with Gasteiger partial charge in [-0.2, -0.15) is 0 Å². The lowest BCUT2D eigenvalue weighted by Crippen LogP contribution is -2.11. The van der Waals surface area contributed by atoms with Gasteiger partial charge in [-0.05, 0) is 48.5 Å². The summed E-state index contributed by atoms with van der Waals surface area (Å²) < 4.78 is 0. The molecule has 0 radical (unpaired) electrons. The van der Waals surface area contributed by atoms with Gasteiger partial charge in [-0.15, -0.1) is 0 Å². The van der Waals surface area contributed by atoms with Gasteiger partial charge in [0.05, 0.1) is 11.1 Å². The predicted molar refractivity (Wildman–Crippen MR) is 118 cm³/mol. The van der Waals surface area contributed by atoms with E-state index in [4.69, 9.17) is 9.78 Å². The standard InChI is InChI=1S/C14H10O4.C12H10O2/c15-13(11-7-3-1-4-8-11)17-18-14(16)12-9-5-2-6-10-12;1-3-7-11(8-4-1)13-14-12-9-5-2-6-10-12/h1-10H;1-10H. The zero-order chi connectivity index (χ0) is 22.4. The minimum atomic E-state index is -0.708. The summed E-state index contributed by atoms with van der Waals surface area (Å²) >= 11 is 0. The SMILES string of the molecule is O=C(OOC(=O)c1ccccc1)c1ccccc1.c1ccc(OOc2ccccc2)cc1. The number of carbonyl (C=O) groups excluding carboxylic acids is 2. The van der Waals surface area contributed by atoms with Crippen molar-refractivity contribution in [2.45, 2.75) is 0 Å². The average Bonchev–Trinajstić information content (AvgIpc) is 2.88. The lowest BCUT2D eigenvalue weighted by molar-refractivity contribution is -0.187. The number of para-hydroxylation sites is 2. The second-order valence-corrected chi connectivity index (χ2v) is 6.27. The number of carbonyl (C=O) groups is 2. The molecule has 160 valence electrons. The van der Waals surface area contributed by atoms with Crippen molar-refractivity contribution in [2.75, 3.05) is 0 Å². The largest absolute Gasteiger partial charge is 0.386 e. The summed E-state index contributed by atoms with van der Waals surface area (Å²) in [6, 6.07) is 35.3. The van der Waals surface area contributed by atoms with Crippen LogP contribution in [-0.2, 0) is 9.78 Å². The molecule has 0 saturated carbocycles. The van der Waals surface area contributed by atoms with E-state index in [0.717, 1.165) is 0 Å². The molecule has 0 fully saturated rings. The van der Waals surface area contributed by atoms with Crippen molar-refractivity contribution in [1.29, 1.82) is 0 Å². The third-order valence-electron chi connectivity index (χ3n) is 3.93. The van der Waals surface area contributed by atoms with Crippen LogP contribution in [0.3, 0.4) is 0 Å². The molecule has 0 spiro atoms. The molecule has 0 atom stereocenters. The highest BCUT2D eigenvalue weighted by Crippen LogP contribution is 2.13. The van der Waals surface area contributed by atoms with Gasteiger partial charge in [0.2, 0.25) is 0 Å². The highest BCUT2D eigenvalue weighted by atomic mass is 17.2. The summed E-state index contributed by atoms with van der Waals surface area (Å²) in [7, 11) is 0. The van der Waals surface area contributed by atoms with Gasteiger partial charge in [-0.1, -0.05) is 72.8 Å². The van der Waals surface area contributed by atoms with E-state index in [0.29, 0.717) is 22.6 Å². The Morgan fingerprint density at radius 1 is 0.406 bits per heavy atom. The van der Waals surface area contributed by atoms with Crippen LogP contribution in [0.15, 0.2) is 121 Å². The lowest BCUT2D eigenvalue weighted by atomic mass is 10.2. The summed E-state index contributed by atoms with van der Waals surface area (Å²) in [6.07, 6.45) is 0. The van der Waals surface area contributed by atoms with Crippen LogP contribution < -0.4 is 9.78 Å². The summed E-state index contributed by atoms with van der Waals surface area (Å²) in [4.78, 5) is 42.1. The first-order valence-corrected chi connectivity index (χ1v) is 9.70. The average molecular weight is 428 g/mol. The molecule has 0 heterocycles.